The molecule has 1 nitrogen and oxygen atoms in total. The highest BCUT2D eigenvalue weighted by molar-refractivity contribution is 5.91. The van der Waals surface area contributed by atoms with Crippen molar-refractivity contribution in [2.24, 2.45) is 0 Å². The van der Waals surface area contributed by atoms with Gasteiger partial charge in [-0.05, 0) is 34.7 Å². The molecule has 2 aromatic carbocycles. The molecule has 0 heterocycles. The highest BCUT2D eigenvalue weighted by Gasteiger charge is 2.08. The zero-order valence-electron chi connectivity index (χ0n) is 10.7. The minimum Gasteiger partial charge on any atom is -0.303 e. The van der Waals surface area contributed by atoms with Gasteiger partial charge in [0.15, 0.2) is 0 Å². The molecule has 0 unspecified atom stereocenters. The molecule has 0 aliphatic carbocycles. The van der Waals surface area contributed by atoms with E-state index in [0.29, 0.717) is 12.3 Å². The van der Waals surface area contributed by atoms with Gasteiger partial charge in [0.2, 0.25) is 0 Å². The summed E-state index contributed by atoms with van der Waals surface area (Å²) in [6.45, 7) is 6.52. The van der Waals surface area contributed by atoms with E-state index in [1.54, 1.807) is 0 Å². The third-order valence-corrected chi connectivity index (χ3v) is 3.22. The van der Waals surface area contributed by atoms with E-state index in [1.807, 2.05) is 0 Å². The first-order valence-electron chi connectivity index (χ1n) is 6.09. The van der Waals surface area contributed by atoms with Crippen molar-refractivity contribution in [3.05, 3.63) is 47.0 Å². The Balaban J connectivity index is 2.75. The fourth-order valence-electron chi connectivity index (χ4n) is 2.32. The predicted molar refractivity (Wildman–Crippen MR) is 72.5 cm³/mol. The van der Waals surface area contributed by atoms with E-state index >= 15 is 0 Å². The van der Waals surface area contributed by atoms with Crippen molar-refractivity contribution in [2.45, 2.75) is 33.1 Å². The van der Waals surface area contributed by atoms with Crippen LogP contribution in [-0.4, -0.2) is 6.29 Å². The maximum atomic E-state index is 10.7. The number of carbonyl (C=O) groups excluding carboxylic acids is 1. The number of benzene rings is 2. The maximum absolute atomic E-state index is 10.7. The van der Waals surface area contributed by atoms with Crippen molar-refractivity contribution in [1.29, 1.82) is 0 Å². The van der Waals surface area contributed by atoms with Crippen LogP contribution >= 0.6 is 0 Å². The number of fused-ring (bicyclic) bond motifs is 1. The molecule has 0 fully saturated rings. The fourth-order valence-corrected chi connectivity index (χ4v) is 2.32. The number of aryl methyl sites for hydroxylation is 1. The Labute approximate surface area is 102 Å². The van der Waals surface area contributed by atoms with Crippen LogP contribution in [0.5, 0.6) is 0 Å². The molecule has 0 spiro atoms. The molecule has 1 heteroatoms. The van der Waals surface area contributed by atoms with E-state index in [2.05, 4.69) is 51.1 Å². The lowest BCUT2D eigenvalue weighted by Gasteiger charge is -2.13. The predicted octanol–water partition coefficient (Wildman–Crippen LogP) is 4.01. The molecule has 0 atom stereocenters. The molecular formula is C16H18O. The van der Waals surface area contributed by atoms with Gasteiger partial charge in [0.1, 0.15) is 6.29 Å². The van der Waals surface area contributed by atoms with Gasteiger partial charge in [0.05, 0.1) is 0 Å². The molecule has 88 valence electrons. The van der Waals surface area contributed by atoms with Crippen LogP contribution in [0.15, 0.2) is 30.3 Å². The van der Waals surface area contributed by atoms with Crippen LogP contribution in [0.3, 0.4) is 0 Å². The third-order valence-electron chi connectivity index (χ3n) is 3.22. The van der Waals surface area contributed by atoms with Crippen LogP contribution in [0.1, 0.15) is 36.5 Å². The van der Waals surface area contributed by atoms with Gasteiger partial charge in [-0.1, -0.05) is 49.7 Å². The molecule has 0 amide bonds. The standard InChI is InChI=1S/C16H18O/c1-11(2)14-7-5-13(8-9-17)15-6-4-12(3)10-16(14)15/h4-7,9-11H,8H2,1-3H3. The lowest BCUT2D eigenvalue weighted by atomic mass is 9.91. The molecule has 0 N–H and O–H groups in total. The van der Waals surface area contributed by atoms with E-state index in [1.165, 1.54) is 21.9 Å². The third kappa shape index (κ3) is 2.23. The highest BCUT2D eigenvalue weighted by Crippen LogP contribution is 2.29. The van der Waals surface area contributed by atoms with Crippen molar-refractivity contribution in [3.63, 3.8) is 0 Å². The smallest absolute Gasteiger partial charge is 0.124 e. The molecule has 0 aliphatic rings. The molecule has 0 radical (unpaired) electrons. The van der Waals surface area contributed by atoms with Crippen molar-refractivity contribution < 1.29 is 4.79 Å². The normalized spacial score (nSPS) is 11.1. The minimum absolute atomic E-state index is 0.498. The van der Waals surface area contributed by atoms with Crippen LogP contribution in [0.4, 0.5) is 0 Å². The summed E-state index contributed by atoms with van der Waals surface area (Å²) in [7, 11) is 0. The monoisotopic (exact) mass is 226 g/mol. The Morgan fingerprint density at radius 2 is 1.88 bits per heavy atom. The summed E-state index contributed by atoms with van der Waals surface area (Å²) in [5, 5.41) is 2.51. The highest BCUT2D eigenvalue weighted by atomic mass is 16.1. The summed E-state index contributed by atoms with van der Waals surface area (Å²) in [5.74, 6) is 0.504. The Morgan fingerprint density at radius 1 is 1.12 bits per heavy atom. The fraction of sp³-hybridized carbons (Fsp3) is 0.312. The first-order chi connectivity index (χ1) is 8.13. The van der Waals surface area contributed by atoms with Gasteiger partial charge < -0.3 is 4.79 Å². The average Bonchev–Trinajstić information content (AvgIpc) is 2.28. The Hall–Kier alpha value is -1.63. The van der Waals surface area contributed by atoms with Crippen molar-refractivity contribution in [3.8, 4) is 0 Å². The molecule has 2 aromatic rings. The van der Waals surface area contributed by atoms with E-state index in [0.717, 1.165) is 11.8 Å². The lowest BCUT2D eigenvalue weighted by Crippen LogP contribution is -1.95. The van der Waals surface area contributed by atoms with Crippen LogP contribution in [0.2, 0.25) is 0 Å². The van der Waals surface area contributed by atoms with Gasteiger partial charge in [-0.15, -0.1) is 0 Å². The summed E-state index contributed by atoms with van der Waals surface area (Å²) < 4.78 is 0. The Morgan fingerprint density at radius 3 is 2.53 bits per heavy atom. The molecule has 17 heavy (non-hydrogen) atoms. The quantitative estimate of drug-likeness (QED) is 0.723. The van der Waals surface area contributed by atoms with Gasteiger partial charge in [-0.25, -0.2) is 0 Å². The molecule has 0 aromatic heterocycles. The minimum atomic E-state index is 0.498. The molecule has 0 bridgehead atoms. The summed E-state index contributed by atoms with van der Waals surface area (Å²) in [6.07, 6.45) is 1.47. The Kier molecular flexibility index (Phi) is 3.28. The van der Waals surface area contributed by atoms with Crippen LogP contribution in [-0.2, 0) is 11.2 Å². The number of hydrogen-bond acceptors (Lipinski definition) is 1. The van der Waals surface area contributed by atoms with Crippen molar-refractivity contribution in [1.82, 2.24) is 0 Å². The van der Waals surface area contributed by atoms with Crippen molar-refractivity contribution in [2.75, 3.05) is 0 Å². The van der Waals surface area contributed by atoms with Crippen LogP contribution in [0.25, 0.3) is 10.8 Å². The zero-order valence-corrected chi connectivity index (χ0v) is 10.7. The number of hydrogen-bond donors (Lipinski definition) is 0. The summed E-state index contributed by atoms with van der Waals surface area (Å²) >= 11 is 0. The number of carbonyl (C=O) groups is 1. The molecule has 2 rings (SSSR count). The van der Waals surface area contributed by atoms with Gasteiger partial charge in [-0.3, -0.25) is 0 Å². The van der Waals surface area contributed by atoms with Crippen molar-refractivity contribution >= 4 is 17.1 Å². The topological polar surface area (TPSA) is 17.1 Å². The van der Waals surface area contributed by atoms with E-state index in [-0.39, 0.29) is 0 Å². The van der Waals surface area contributed by atoms with Gasteiger partial charge in [0, 0.05) is 6.42 Å². The molecular weight excluding hydrogens is 208 g/mol. The SMILES string of the molecule is Cc1ccc2c(CC=O)ccc(C(C)C)c2c1. The molecule has 0 saturated heterocycles. The maximum Gasteiger partial charge on any atom is 0.124 e. The summed E-state index contributed by atoms with van der Waals surface area (Å²) in [4.78, 5) is 10.7. The summed E-state index contributed by atoms with van der Waals surface area (Å²) in [6, 6.07) is 10.7. The second kappa shape index (κ2) is 4.70. The summed E-state index contributed by atoms with van der Waals surface area (Å²) in [5.41, 5.74) is 3.75. The second-order valence-corrected chi connectivity index (χ2v) is 4.89. The van der Waals surface area contributed by atoms with E-state index in [9.17, 15) is 4.79 Å². The van der Waals surface area contributed by atoms with Gasteiger partial charge >= 0.3 is 0 Å². The zero-order chi connectivity index (χ0) is 12.4. The van der Waals surface area contributed by atoms with Crippen LogP contribution in [0, 0.1) is 6.92 Å². The number of aldehydes is 1. The molecule has 0 saturated carbocycles. The average molecular weight is 226 g/mol. The first kappa shape index (κ1) is 11.8. The first-order valence-corrected chi connectivity index (χ1v) is 6.09. The largest absolute Gasteiger partial charge is 0.303 e. The Bertz CT molecular complexity index is 553. The van der Waals surface area contributed by atoms with Gasteiger partial charge in [-0.2, -0.15) is 0 Å². The number of rotatable bonds is 3. The van der Waals surface area contributed by atoms with Crippen LogP contribution < -0.4 is 0 Å². The second-order valence-electron chi connectivity index (χ2n) is 4.89. The van der Waals surface area contributed by atoms with E-state index < -0.39 is 0 Å². The lowest BCUT2D eigenvalue weighted by molar-refractivity contribution is -0.107. The van der Waals surface area contributed by atoms with E-state index in [4.69, 9.17) is 0 Å². The molecule has 0 aliphatic heterocycles. The van der Waals surface area contributed by atoms with Gasteiger partial charge in [0.25, 0.3) is 0 Å².